The van der Waals surface area contributed by atoms with Gasteiger partial charge in [0.05, 0.1) is 13.2 Å². The van der Waals surface area contributed by atoms with Crippen molar-refractivity contribution in [2.45, 2.75) is 19.8 Å². The molecule has 2 N–H and O–H groups in total. The lowest BCUT2D eigenvalue weighted by atomic mass is 10.2. The van der Waals surface area contributed by atoms with Crippen molar-refractivity contribution in [2.24, 2.45) is 5.73 Å². The van der Waals surface area contributed by atoms with Gasteiger partial charge in [-0.1, -0.05) is 30.3 Å². The van der Waals surface area contributed by atoms with Crippen LogP contribution in [0.2, 0.25) is 0 Å². The topological polar surface area (TPSA) is 48.4 Å². The summed E-state index contributed by atoms with van der Waals surface area (Å²) in [5.41, 5.74) is 6.61. The number of rotatable bonds is 5. The van der Waals surface area contributed by atoms with Crippen LogP contribution in [0.5, 0.6) is 0 Å². The number of nitrogens with two attached hydrogens (primary N) is 1. The molecule has 0 bridgehead atoms. The predicted molar refractivity (Wildman–Crippen MR) is 61.5 cm³/mol. The van der Waals surface area contributed by atoms with E-state index >= 15 is 0 Å². The monoisotopic (exact) mass is 217 g/mol. The highest BCUT2D eigenvalue weighted by atomic mass is 16.5. The van der Waals surface area contributed by atoms with Gasteiger partial charge in [0, 0.05) is 0 Å². The Kier molecular flexibility index (Phi) is 3.75. The Morgan fingerprint density at radius 3 is 2.38 bits per heavy atom. The van der Waals surface area contributed by atoms with E-state index in [1.54, 1.807) is 0 Å². The van der Waals surface area contributed by atoms with E-state index in [0.717, 1.165) is 17.1 Å². The van der Waals surface area contributed by atoms with Crippen LogP contribution < -0.4 is 5.73 Å². The number of hydrogen-bond acceptors (Lipinski definition) is 3. The maximum atomic E-state index is 5.53. The molecule has 0 amide bonds. The SMILES string of the molecule is NCc1ccc(COCc2ccccc2)o1. The van der Waals surface area contributed by atoms with Crippen LogP contribution in [-0.2, 0) is 24.5 Å². The van der Waals surface area contributed by atoms with Gasteiger partial charge in [-0.25, -0.2) is 0 Å². The maximum Gasteiger partial charge on any atom is 0.129 e. The molecular weight excluding hydrogens is 202 g/mol. The summed E-state index contributed by atoms with van der Waals surface area (Å²) >= 11 is 0. The van der Waals surface area contributed by atoms with Gasteiger partial charge in [-0.05, 0) is 17.7 Å². The van der Waals surface area contributed by atoms with Gasteiger partial charge in [-0.3, -0.25) is 0 Å². The summed E-state index contributed by atoms with van der Waals surface area (Å²) in [5.74, 6) is 1.61. The highest BCUT2D eigenvalue weighted by Gasteiger charge is 2.00. The highest BCUT2D eigenvalue weighted by Crippen LogP contribution is 2.09. The van der Waals surface area contributed by atoms with Crippen molar-refractivity contribution in [1.82, 2.24) is 0 Å². The second-order valence-electron chi connectivity index (χ2n) is 3.55. The average Bonchev–Trinajstić information content (AvgIpc) is 2.78. The van der Waals surface area contributed by atoms with Crippen molar-refractivity contribution in [1.29, 1.82) is 0 Å². The van der Waals surface area contributed by atoms with Gasteiger partial charge in [-0.2, -0.15) is 0 Å². The first-order valence-corrected chi connectivity index (χ1v) is 5.28. The minimum atomic E-state index is 0.429. The lowest BCUT2D eigenvalue weighted by Crippen LogP contribution is -1.94. The quantitative estimate of drug-likeness (QED) is 0.836. The minimum absolute atomic E-state index is 0.429. The van der Waals surface area contributed by atoms with Crippen molar-refractivity contribution in [2.75, 3.05) is 0 Å². The van der Waals surface area contributed by atoms with Crippen LogP contribution in [0.15, 0.2) is 46.9 Å². The molecule has 0 unspecified atom stereocenters. The molecule has 0 aliphatic rings. The molecule has 1 aromatic carbocycles. The van der Waals surface area contributed by atoms with Gasteiger partial charge < -0.3 is 14.9 Å². The van der Waals surface area contributed by atoms with Crippen molar-refractivity contribution in [3.8, 4) is 0 Å². The molecule has 1 heterocycles. The Bertz CT molecular complexity index is 423. The molecular formula is C13H15NO2. The van der Waals surface area contributed by atoms with E-state index < -0.39 is 0 Å². The molecule has 0 spiro atoms. The fourth-order valence-electron chi connectivity index (χ4n) is 1.45. The average molecular weight is 217 g/mol. The van der Waals surface area contributed by atoms with Gasteiger partial charge in [-0.15, -0.1) is 0 Å². The van der Waals surface area contributed by atoms with Crippen LogP contribution in [0.1, 0.15) is 17.1 Å². The molecule has 3 nitrogen and oxygen atoms in total. The highest BCUT2D eigenvalue weighted by molar-refractivity contribution is 5.13. The van der Waals surface area contributed by atoms with Gasteiger partial charge in [0.2, 0.25) is 0 Å². The van der Waals surface area contributed by atoms with E-state index in [9.17, 15) is 0 Å². The Labute approximate surface area is 94.8 Å². The summed E-state index contributed by atoms with van der Waals surface area (Å²) in [6, 6.07) is 13.8. The van der Waals surface area contributed by atoms with Crippen LogP contribution >= 0.6 is 0 Å². The number of ether oxygens (including phenoxy) is 1. The molecule has 0 aliphatic heterocycles. The van der Waals surface area contributed by atoms with E-state index in [2.05, 4.69) is 0 Å². The fraction of sp³-hybridized carbons (Fsp3) is 0.231. The summed E-state index contributed by atoms with van der Waals surface area (Å²) in [5, 5.41) is 0. The second kappa shape index (κ2) is 5.49. The van der Waals surface area contributed by atoms with Crippen molar-refractivity contribution in [3.05, 3.63) is 59.5 Å². The first-order chi connectivity index (χ1) is 7.88. The Hall–Kier alpha value is -1.58. The number of benzene rings is 1. The smallest absolute Gasteiger partial charge is 0.129 e. The van der Waals surface area contributed by atoms with Crippen LogP contribution in [0.25, 0.3) is 0 Å². The predicted octanol–water partition coefficient (Wildman–Crippen LogP) is 2.46. The van der Waals surface area contributed by atoms with Gasteiger partial charge in [0.25, 0.3) is 0 Å². The zero-order valence-electron chi connectivity index (χ0n) is 9.06. The Morgan fingerprint density at radius 2 is 1.69 bits per heavy atom. The van der Waals surface area contributed by atoms with Gasteiger partial charge in [0.15, 0.2) is 0 Å². The normalized spacial score (nSPS) is 10.6. The van der Waals surface area contributed by atoms with Crippen LogP contribution in [0.3, 0.4) is 0 Å². The summed E-state index contributed by atoms with van der Waals surface area (Å²) in [4.78, 5) is 0. The van der Waals surface area contributed by atoms with E-state index in [4.69, 9.17) is 14.9 Å². The second-order valence-corrected chi connectivity index (χ2v) is 3.55. The fourth-order valence-corrected chi connectivity index (χ4v) is 1.45. The van der Waals surface area contributed by atoms with Crippen molar-refractivity contribution >= 4 is 0 Å². The third kappa shape index (κ3) is 2.95. The first-order valence-electron chi connectivity index (χ1n) is 5.28. The molecule has 2 rings (SSSR count). The first kappa shape index (κ1) is 10.9. The molecule has 0 fully saturated rings. The van der Waals surface area contributed by atoms with E-state index in [1.807, 2.05) is 42.5 Å². The largest absolute Gasteiger partial charge is 0.462 e. The van der Waals surface area contributed by atoms with Crippen molar-refractivity contribution < 1.29 is 9.15 Å². The molecule has 2 aromatic rings. The molecule has 0 atom stereocenters. The zero-order valence-corrected chi connectivity index (χ0v) is 9.06. The molecule has 1 aromatic heterocycles. The Balaban J connectivity index is 1.80. The third-order valence-electron chi connectivity index (χ3n) is 2.27. The summed E-state index contributed by atoms with van der Waals surface area (Å²) in [6.45, 7) is 1.51. The lowest BCUT2D eigenvalue weighted by Gasteiger charge is -2.01. The molecule has 3 heteroatoms. The van der Waals surface area contributed by atoms with Crippen LogP contribution in [0, 0.1) is 0 Å². The summed E-state index contributed by atoms with van der Waals surface area (Å²) in [6.07, 6.45) is 0. The number of hydrogen-bond donors (Lipinski definition) is 1. The molecule has 0 aliphatic carbocycles. The summed E-state index contributed by atoms with van der Waals surface area (Å²) < 4.78 is 10.9. The zero-order chi connectivity index (χ0) is 11.2. The van der Waals surface area contributed by atoms with Crippen LogP contribution in [-0.4, -0.2) is 0 Å². The molecule has 16 heavy (non-hydrogen) atoms. The van der Waals surface area contributed by atoms with Crippen LogP contribution in [0.4, 0.5) is 0 Å². The van der Waals surface area contributed by atoms with Gasteiger partial charge in [0.1, 0.15) is 18.1 Å². The third-order valence-corrected chi connectivity index (χ3v) is 2.27. The van der Waals surface area contributed by atoms with E-state index in [0.29, 0.717) is 19.8 Å². The minimum Gasteiger partial charge on any atom is -0.462 e. The van der Waals surface area contributed by atoms with Crippen molar-refractivity contribution in [3.63, 3.8) is 0 Å². The molecule has 0 saturated heterocycles. The lowest BCUT2D eigenvalue weighted by molar-refractivity contribution is 0.0921. The molecule has 84 valence electrons. The standard InChI is InChI=1S/C13H15NO2/c14-8-12-6-7-13(16-12)10-15-9-11-4-2-1-3-5-11/h1-7H,8-10,14H2. The van der Waals surface area contributed by atoms with E-state index in [1.165, 1.54) is 0 Å². The summed E-state index contributed by atoms with van der Waals surface area (Å²) in [7, 11) is 0. The number of furan rings is 1. The Morgan fingerprint density at radius 1 is 0.938 bits per heavy atom. The van der Waals surface area contributed by atoms with E-state index in [-0.39, 0.29) is 0 Å². The molecule has 0 radical (unpaired) electrons. The maximum absolute atomic E-state index is 5.53. The van der Waals surface area contributed by atoms with Gasteiger partial charge >= 0.3 is 0 Å². The molecule has 0 saturated carbocycles.